The van der Waals surface area contributed by atoms with Gasteiger partial charge in [0, 0.05) is 12.2 Å². The summed E-state index contributed by atoms with van der Waals surface area (Å²) in [5, 5.41) is 3.03. The number of nitrogens with zero attached hydrogens (tertiary/aromatic N) is 1. The Labute approximate surface area is 118 Å². The molecule has 7 heteroatoms. The fourth-order valence-electron chi connectivity index (χ4n) is 1.51. The molecule has 0 radical (unpaired) electrons. The van der Waals surface area contributed by atoms with Crippen LogP contribution in [-0.4, -0.2) is 19.4 Å². The Balaban J connectivity index is 2.10. The maximum absolute atomic E-state index is 12.1. The molecule has 0 atom stereocenters. The fourth-order valence-corrected chi connectivity index (χ4v) is 2.47. The summed E-state index contributed by atoms with van der Waals surface area (Å²) in [6.07, 6.45) is 1.51. The van der Waals surface area contributed by atoms with Crippen molar-refractivity contribution >= 4 is 15.8 Å². The van der Waals surface area contributed by atoms with Gasteiger partial charge in [-0.15, -0.1) is 0 Å². The van der Waals surface area contributed by atoms with Crippen molar-refractivity contribution in [1.29, 1.82) is 0 Å². The highest BCUT2D eigenvalue weighted by Gasteiger charge is 2.19. The molecule has 0 aliphatic heterocycles. The molecular weight excluding hydrogens is 278 g/mol. The minimum atomic E-state index is -3.74. The zero-order chi connectivity index (χ0) is 14.6. The molecule has 0 aliphatic rings. The second-order valence-electron chi connectivity index (χ2n) is 4.58. The quantitative estimate of drug-likeness (QED) is 0.851. The Morgan fingerprint density at radius 2 is 2.05 bits per heavy atom. The molecule has 0 aromatic carbocycles. The molecule has 2 heterocycles. The van der Waals surface area contributed by atoms with Crippen molar-refractivity contribution in [2.45, 2.75) is 31.5 Å². The van der Waals surface area contributed by atoms with Crippen molar-refractivity contribution in [2.75, 3.05) is 4.72 Å². The summed E-state index contributed by atoms with van der Waals surface area (Å²) >= 11 is 0. The van der Waals surface area contributed by atoms with Gasteiger partial charge in [-0.05, 0) is 24.3 Å². The van der Waals surface area contributed by atoms with Crippen LogP contribution in [0.25, 0.3) is 0 Å². The van der Waals surface area contributed by atoms with Gasteiger partial charge in [-0.25, -0.2) is 4.98 Å². The smallest absolute Gasteiger partial charge is 0.296 e. The summed E-state index contributed by atoms with van der Waals surface area (Å²) in [5.74, 6) is 0.825. The second kappa shape index (κ2) is 6.06. The third kappa shape index (κ3) is 3.82. The Morgan fingerprint density at radius 1 is 1.25 bits per heavy atom. The summed E-state index contributed by atoms with van der Waals surface area (Å²) in [7, 11) is -3.74. The topological polar surface area (TPSA) is 84.2 Å². The van der Waals surface area contributed by atoms with Gasteiger partial charge in [0.05, 0.1) is 6.54 Å². The monoisotopic (exact) mass is 295 g/mol. The number of furan rings is 1. The summed E-state index contributed by atoms with van der Waals surface area (Å²) in [6, 6.07) is 8.35. The van der Waals surface area contributed by atoms with E-state index in [0.717, 1.165) is 0 Å². The first kappa shape index (κ1) is 14.5. The molecule has 2 N–H and O–H groups in total. The van der Waals surface area contributed by atoms with Gasteiger partial charge in [0.25, 0.3) is 10.0 Å². The molecule has 0 aliphatic carbocycles. The minimum absolute atomic E-state index is 0.122. The van der Waals surface area contributed by atoms with Crippen molar-refractivity contribution in [3.8, 4) is 0 Å². The van der Waals surface area contributed by atoms with E-state index in [2.05, 4.69) is 15.0 Å². The Kier molecular flexibility index (Phi) is 4.41. The van der Waals surface area contributed by atoms with E-state index in [-0.39, 0.29) is 10.9 Å². The average molecular weight is 295 g/mol. The zero-order valence-electron chi connectivity index (χ0n) is 11.3. The van der Waals surface area contributed by atoms with Crippen molar-refractivity contribution < 1.29 is 12.8 Å². The van der Waals surface area contributed by atoms with Gasteiger partial charge in [-0.3, -0.25) is 4.72 Å². The van der Waals surface area contributed by atoms with Gasteiger partial charge in [-0.1, -0.05) is 19.9 Å². The minimum Gasteiger partial charge on any atom is -0.446 e. The van der Waals surface area contributed by atoms with Gasteiger partial charge in [-0.2, -0.15) is 8.42 Å². The van der Waals surface area contributed by atoms with E-state index >= 15 is 0 Å². The molecule has 0 bridgehead atoms. The van der Waals surface area contributed by atoms with Crippen molar-refractivity contribution in [1.82, 2.24) is 10.3 Å². The Bertz CT molecular complexity index is 651. The van der Waals surface area contributed by atoms with E-state index in [1.165, 1.54) is 12.3 Å². The Morgan fingerprint density at radius 3 is 2.70 bits per heavy atom. The van der Waals surface area contributed by atoms with Gasteiger partial charge in [0.15, 0.2) is 0 Å². The molecule has 2 rings (SSSR count). The standard InChI is InChI=1S/C13H17N3O3S/c1-10(2)15-9-11-6-7-13(19-11)20(17,18)16-12-5-3-4-8-14-12/h3-8,10,15H,9H2,1-2H3,(H,14,16). The van der Waals surface area contributed by atoms with Crippen LogP contribution in [0, 0.1) is 0 Å². The van der Waals surface area contributed by atoms with E-state index in [1.807, 2.05) is 13.8 Å². The molecule has 108 valence electrons. The van der Waals surface area contributed by atoms with E-state index < -0.39 is 10.0 Å². The predicted molar refractivity (Wildman–Crippen MR) is 75.7 cm³/mol. The highest BCUT2D eigenvalue weighted by molar-refractivity contribution is 7.92. The number of sulfonamides is 1. The van der Waals surface area contributed by atoms with Crippen LogP contribution in [0.1, 0.15) is 19.6 Å². The van der Waals surface area contributed by atoms with Crippen molar-refractivity contribution in [2.24, 2.45) is 0 Å². The molecule has 0 fully saturated rings. The van der Waals surface area contributed by atoms with E-state index in [4.69, 9.17) is 4.42 Å². The lowest BCUT2D eigenvalue weighted by molar-refractivity contribution is 0.396. The van der Waals surface area contributed by atoms with Crippen LogP contribution in [0.3, 0.4) is 0 Å². The number of pyridine rings is 1. The highest BCUT2D eigenvalue weighted by Crippen LogP contribution is 2.17. The van der Waals surface area contributed by atoms with Crippen LogP contribution in [0.4, 0.5) is 5.82 Å². The number of nitrogens with one attached hydrogen (secondary N) is 2. The molecule has 0 spiro atoms. The number of anilines is 1. The van der Waals surface area contributed by atoms with Crippen molar-refractivity contribution in [3.63, 3.8) is 0 Å². The molecule has 2 aromatic rings. The maximum atomic E-state index is 12.1. The lowest BCUT2D eigenvalue weighted by atomic mass is 10.3. The number of hydrogen-bond acceptors (Lipinski definition) is 5. The number of hydrogen-bond donors (Lipinski definition) is 2. The summed E-state index contributed by atoms with van der Waals surface area (Å²) in [5.41, 5.74) is 0. The maximum Gasteiger partial charge on any atom is 0.296 e. The largest absolute Gasteiger partial charge is 0.446 e. The molecular formula is C13H17N3O3S. The molecule has 0 amide bonds. The van der Waals surface area contributed by atoms with Crippen LogP contribution < -0.4 is 10.0 Å². The average Bonchev–Trinajstić information content (AvgIpc) is 2.86. The predicted octanol–water partition coefficient (Wildman–Crippen LogP) is 1.97. The summed E-state index contributed by atoms with van der Waals surface area (Å²) in [6.45, 7) is 4.49. The molecule has 0 saturated carbocycles. The van der Waals surface area contributed by atoms with E-state index in [0.29, 0.717) is 18.3 Å². The summed E-state index contributed by atoms with van der Waals surface area (Å²) in [4.78, 5) is 3.91. The van der Waals surface area contributed by atoms with Gasteiger partial charge >= 0.3 is 0 Å². The van der Waals surface area contributed by atoms with Crippen LogP contribution in [0.2, 0.25) is 0 Å². The van der Waals surface area contributed by atoms with Gasteiger partial charge in [0.2, 0.25) is 5.09 Å². The first-order chi connectivity index (χ1) is 9.47. The lowest BCUT2D eigenvalue weighted by Crippen LogP contribution is -2.21. The third-order valence-electron chi connectivity index (χ3n) is 2.49. The van der Waals surface area contributed by atoms with Gasteiger partial charge in [0.1, 0.15) is 11.6 Å². The highest BCUT2D eigenvalue weighted by atomic mass is 32.2. The Hall–Kier alpha value is -1.86. The molecule has 6 nitrogen and oxygen atoms in total. The SMILES string of the molecule is CC(C)NCc1ccc(S(=O)(=O)Nc2ccccn2)o1. The third-order valence-corrected chi connectivity index (χ3v) is 3.72. The molecule has 2 aromatic heterocycles. The van der Waals surface area contributed by atoms with Crippen molar-refractivity contribution in [3.05, 3.63) is 42.3 Å². The fraction of sp³-hybridized carbons (Fsp3) is 0.308. The van der Waals surface area contributed by atoms with Crippen LogP contribution in [-0.2, 0) is 16.6 Å². The first-order valence-electron chi connectivity index (χ1n) is 6.23. The second-order valence-corrected chi connectivity index (χ2v) is 6.19. The number of aromatic nitrogens is 1. The number of rotatable bonds is 6. The van der Waals surface area contributed by atoms with Crippen LogP contribution in [0.15, 0.2) is 46.0 Å². The van der Waals surface area contributed by atoms with Gasteiger partial charge < -0.3 is 9.73 Å². The zero-order valence-corrected chi connectivity index (χ0v) is 12.1. The molecule has 20 heavy (non-hydrogen) atoms. The first-order valence-corrected chi connectivity index (χ1v) is 7.71. The summed E-state index contributed by atoms with van der Waals surface area (Å²) < 4.78 is 31.9. The molecule has 0 saturated heterocycles. The lowest BCUT2D eigenvalue weighted by Gasteiger charge is -2.06. The molecule has 0 unspecified atom stereocenters. The van der Waals surface area contributed by atoms with E-state index in [1.54, 1.807) is 24.3 Å². The van der Waals surface area contributed by atoms with Crippen LogP contribution in [0.5, 0.6) is 0 Å². The normalized spacial score (nSPS) is 11.8. The van der Waals surface area contributed by atoms with Crippen LogP contribution >= 0.6 is 0 Å². The van der Waals surface area contributed by atoms with E-state index in [9.17, 15) is 8.42 Å².